The van der Waals surface area contributed by atoms with Gasteiger partial charge in [0, 0.05) is 12.8 Å². The molecule has 6 nitrogen and oxygen atoms in total. The molecule has 6 heteroatoms. The maximum atomic E-state index is 12.4. The maximum Gasteiger partial charge on any atom is 0.305 e. The van der Waals surface area contributed by atoms with Crippen LogP contribution in [0.1, 0.15) is 232 Å². The molecule has 0 rings (SSSR count). The molecule has 0 bridgehead atoms. The molecule has 0 saturated carbocycles. The fourth-order valence-electron chi connectivity index (χ4n) is 6.76. The summed E-state index contributed by atoms with van der Waals surface area (Å²) >= 11 is 0. The van der Waals surface area contributed by atoms with Gasteiger partial charge in [0.1, 0.15) is 0 Å². The highest BCUT2D eigenvalue weighted by Gasteiger charge is 2.20. The van der Waals surface area contributed by atoms with E-state index >= 15 is 0 Å². The van der Waals surface area contributed by atoms with E-state index in [9.17, 15) is 19.8 Å². The lowest BCUT2D eigenvalue weighted by Gasteiger charge is -2.22. The molecule has 0 aromatic carbocycles. The number of nitrogens with one attached hydrogen (secondary N) is 1. The van der Waals surface area contributed by atoms with Gasteiger partial charge < -0.3 is 20.3 Å². The molecule has 2 atom stereocenters. The van der Waals surface area contributed by atoms with Gasteiger partial charge in [0.2, 0.25) is 5.91 Å². The van der Waals surface area contributed by atoms with Crippen LogP contribution in [0.25, 0.3) is 0 Å². The molecule has 3 N–H and O–H groups in total. The lowest BCUT2D eigenvalue weighted by Crippen LogP contribution is -2.45. The van der Waals surface area contributed by atoms with Gasteiger partial charge >= 0.3 is 5.97 Å². The maximum absolute atomic E-state index is 12.4. The van der Waals surface area contributed by atoms with Gasteiger partial charge in [-0.15, -0.1) is 0 Å². The van der Waals surface area contributed by atoms with Crippen LogP contribution in [0.2, 0.25) is 0 Å². The van der Waals surface area contributed by atoms with E-state index in [2.05, 4.69) is 55.6 Å². The third-order valence-electron chi connectivity index (χ3n) is 10.4. The third-order valence-corrected chi connectivity index (χ3v) is 10.4. The van der Waals surface area contributed by atoms with Crippen molar-refractivity contribution in [3.63, 3.8) is 0 Å². The van der Waals surface area contributed by atoms with Gasteiger partial charge in [-0.25, -0.2) is 0 Å². The normalized spacial score (nSPS) is 13.0. The van der Waals surface area contributed by atoms with Crippen LogP contribution in [0.3, 0.4) is 0 Å². The number of aliphatic hydroxyl groups is 2. The number of ether oxygens (including phenoxy) is 1. The first-order valence-corrected chi connectivity index (χ1v) is 23.2. The summed E-state index contributed by atoms with van der Waals surface area (Å²) in [6.45, 7) is 4.82. The second-order valence-corrected chi connectivity index (χ2v) is 15.7. The number of allylic oxidation sites excluding steroid dienone is 6. The van der Waals surface area contributed by atoms with E-state index < -0.39 is 12.1 Å². The number of carbonyl (C=O) groups excluding carboxylic acids is 2. The summed E-state index contributed by atoms with van der Waals surface area (Å²) in [6.07, 6.45) is 51.0. The molecule has 0 heterocycles. The Balaban J connectivity index is 3.53. The number of hydrogen-bond acceptors (Lipinski definition) is 5. The molecule has 0 radical (unpaired) electrons. The zero-order valence-corrected chi connectivity index (χ0v) is 35.7. The first kappa shape index (κ1) is 52.1. The molecule has 0 fully saturated rings. The van der Waals surface area contributed by atoms with Crippen LogP contribution < -0.4 is 5.32 Å². The molecule has 0 aromatic rings. The Morgan fingerprint density at radius 2 is 0.944 bits per heavy atom. The van der Waals surface area contributed by atoms with Crippen molar-refractivity contribution in [1.82, 2.24) is 5.32 Å². The van der Waals surface area contributed by atoms with Crippen LogP contribution >= 0.6 is 0 Å². The molecule has 54 heavy (non-hydrogen) atoms. The van der Waals surface area contributed by atoms with Gasteiger partial charge in [0.15, 0.2) is 0 Å². The largest absolute Gasteiger partial charge is 0.466 e. The number of rotatable bonds is 42. The molecule has 0 spiro atoms. The standard InChI is InChI=1S/C48H89NO5/c1-3-5-7-9-11-13-15-16-17-22-26-30-34-38-42-48(53)54-43-39-35-31-27-23-19-18-21-25-29-33-37-41-47(52)49-45(44-50)46(51)40-36-32-28-24-20-14-12-10-8-6-4-2/h9,11,15-16,19,23,45-46,50-51H,3-8,10,12-14,17-18,20-22,24-44H2,1-2H3,(H,49,52)/b11-9-,16-15-,23-19-. The fourth-order valence-corrected chi connectivity index (χ4v) is 6.76. The van der Waals surface area contributed by atoms with E-state index in [1.165, 1.54) is 109 Å². The molecule has 0 aliphatic rings. The summed E-state index contributed by atoms with van der Waals surface area (Å²) in [5, 5.41) is 23.1. The zero-order valence-electron chi connectivity index (χ0n) is 35.7. The highest BCUT2D eigenvalue weighted by Crippen LogP contribution is 2.15. The van der Waals surface area contributed by atoms with E-state index in [-0.39, 0.29) is 18.5 Å². The van der Waals surface area contributed by atoms with Crippen LogP contribution in [0.15, 0.2) is 36.5 Å². The van der Waals surface area contributed by atoms with Crippen molar-refractivity contribution < 1.29 is 24.5 Å². The molecular weight excluding hydrogens is 671 g/mol. The Morgan fingerprint density at radius 1 is 0.519 bits per heavy atom. The number of aliphatic hydroxyl groups excluding tert-OH is 2. The van der Waals surface area contributed by atoms with Crippen LogP contribution in [0, 0.1) is 0 Å². The zero-order chi connectivity index (χ0) is 39.4. The Hall–Kier alpha value is -1.92. The van der Waals surface area contributed by atoms with Gasteiger partial charge in [-0.3, -0.25) is 9.59 Å². The lowest BCUT2D eigenvalue weighted by atomic mass is 10.0. The van der Waals surface area contributed by atoms with Crippen LogP contribution in [-0.2, 0) is 14.3 Å². The van der Waals surface area contributed by atoms with Crippen molar-refractivity contribution in [2.24, 2.45) is 0 Å². The highest BCUT2D eigenvalue weighted by molar-refractivity contribution is 5.76. The topological polar surface area (TPSA) is 95.9 Å². The predicted octanol–water partition coefficient (Wildman–Crippen LogP) is 13.3. The Morgan fingerprint density at radius 3 is 1.48 bits per heavy atom. The summed E-state index contributed by atoms with van der Waals surface area (Å²) in [5.74, 6) is -0.103. The Kier molecular flexibility index (Phi) is 42.2. The van der Waals surface area contributed by atoms with Gasteiger partial charge in [-0.2, -0.15) is 0 Å². The minimum Gasteiger partial charge on any atom is -0.466 e. The summed E-state index contributed by atoms with van der Waals surface area (Å²) in [7, 11) is 0. The number of hydrogen-bond donors (Lipinski definition) is 3. The van der Waals surface area contributed by atoms with E-state index in [4.69, 9.17) is 4.74 Å². The van der Waals surface area contributed by atoms with Crippen molar-refractivity contribution in [2.75, 3.05) is 13.2 Å². The molecule has 0 aliphatic carbocycles. The van der Waals surface area contributed by atoms with Crippen molar-refractivity contribution in [3.8, 4) is 0 Å². The van der Waals surface area contributed by atoms with E-state index in [0.717, 1.165) is 89.9 Å². The third kappa shape index (κ3) is 39.8. The Bertz CT molecular complexity index is 884. The SMILES string of the molecule is CCCC/C=C\C/C=C\CCCCCCCC(=O)OCCCCC/C=C\CCCCCCCC(=O)NC(CO)C(O)CCCCCCCCCCCCC. The van der Waals surface area contributed by atoms with E-state index in [1.54, 1.807) is 0 Å². The first-order valence-electron chi connectivity index (χ1n) is 23.2. The van der Waals surface area contributed by atoms with Crippen molar-refractivity contribution in [3.05, 3.63) is 36.5 Å². The summed E-state index contributed by atoms with van der Waals surface area (Å²) in [4.78, 5) is 24.4. The molecule has 0 aromatic heterocycles. The monoisotopic (exact) mass is 760 g/mol. The van der Waals surface area contributed by atoms with Gasteiger partial charge in [-0.1, -0.05) is 172 Å². The molecule has 316 valence electrons. The molecule has 1 amide bonds. The van der Waals surface area contributed by atoms with E-state index in [0.29, 0.717) is 25.9 Å². The van der Waals surface area contributed by atoms with Crippen molar-refractivity contribution in [1.29, 1.82) is 0 Å². The van der Waals surface area contributed by atoms with Gasteiger partial charge in [0.25, 0.3) is 0 Å². The minimum absolute atomic E-state index is 0.0384. The van der Waals surface area contributed by atoms with Crippen molar-refractivity contribution >= 4 is 11.9 Å². The number of unbranched alkanes of at least 4 members (excludes halogenated alkanes) is 25. The molecule has 2 unspecified atom stereocenters. The average Bonchev–Trinajstić information content (AvgIpc) is 3.17. The van der Waals surface area contributed by atoms with E-state index in [1.807, 2.05) is 0 Å². The summed E-state index contributed by atoms with van der Waals surface area (Å²) in [6, 6.07) is -0.559. The average molecular weight is 760 g/mol. The molecule has 0 saturated heterocycles. The predicted molar refractivity (Wildman–Crippen MR) is 232 cm³/mol. The number of amides is 1. The summed E-state index contributed by atoms with van der Waals surface area (Å²) < 4.78 is 5.42. The lowest BCUT2D eigenvalue weighted by molar-refractivity contribution is -0.143. The van der Waals surface area contributed by atoms with Gasteiger partial charge in [-0.05, 0) is 83.5 Å². The highest BCUT2D eigenvalue weighted by atomic mass is 16.5. The van der Waals surface area contributed by atoms with Gasteiger partial charge in [0.05, 0.1) is 25.4 Å². The fraction of sp³-hybridized carbons (Fsp3) is 0.833. The first-order chi connectivity index (χ1) is 26.5. The quantitative estimate of drug-likeness (QED) is 0.0327. The number of esters is 1. The Labute approximate surface area is 334 Å². The molecular formula is C48H89NO5. The molecule has 0 aliphatic heterocycles. The van der Waals surface area contributed by atoms with Crippen LogP contribution in [-0.4, -0.2) is 47.4 Å². The number of carbonyl (C=O) groups is 2. The minimum atomic E-state index is -0.679. The second-order valence-electron chi connectivity index (χ2n) is 15.7. The smallest absolute Gasteiger partial charge is 0.305 e. The second kappa shape index (κ2) is 43.8. The van der Waals surface area contributed by atoms with Crippen LogP contribution in [0.5, 0.6) is 0 Å². The summed E-state index contributed by atoms with van der Waals surface area (Å²) in [5.41, 5.74) is 0. The van der Waals surface area contributed by atoms with Crippen LogP contribution in [0.4, 0.5) is 0 Å². The van der Waals surface area contributed by atoms with Crippen molar-refractivity contribution in [2.45, 2.75) is 244 Å².